The number of ether oxygens (including phenoxy) is 3. The molecule has 2 N–H and O–H groups in total. The summed E-state index contributed by atoms with van der Waals surface area (Å²) >= 11 is 11.4. The van der Waals surface area contributed by atoms with E-state index >= 15 is 0 Å². The summed E-state index contributed by atoms with van der Waals surface area (Å²) in [7, 11) is -1.60. The highest BCUT2D eigenvalue weighted by Crippen LogP contribution is 2.50. The van der Waals surface area contributed by atoms with Crippen LogP contribution in [0.3, 0.4) is 0 Å². The molecule has 0 saturated heterocycles. The molecule has 2 aromatic rings. The van der Waals surface area contributed by atoms with Gasteiger partial charge in [0.05, 0.1) is 28.1 Å². The molecule has 17 heteroatoms. The fourth-order valence-electron chi connectivity index (χ4n) is 5.72. The molecule has 0 heterocycles. The Balaban J connectivity index is 1.44. The predicted octanol–water partition coefficient (Wildman–Crippen LogP) is 5.53. The normalized spacial score (nSPS) is 22.7. The van der Waals surface area contributed by atoms with Gasteiger partial charge in [0.25, 0.3) is 11.8 Å². The molecule has 47 heavy (non-hydrogen) atoms. The van der Waals surface area contributed by atoms with E-state index in [1.54, 1.807) is 0 Å². The largest absolute Gasteiger partial charge is 0.484 e. The fourth-order valence-corrected chi connectivity index (χ4v) is 6.79. The zero-order valence-electron chi connectivity index (χ0n) is 25.8. The molecular weight excluding hydrogens is 688 g/mol. The molecule has 0 radical (unpaired) electrons. The van der Waals surface area contributed by atoms with Crippen LogP contribution in [0.1, 0.15) is 45.4 Å². The molecule has 5 rings (SSSR count). The molecule has 3 saturated carbocycles. The molecule has 3 fully saturated rings. The van der Waals surface area contributed by atoms with E-state index in [4.69, 9.17) is 51.0 Å². The Labute approximate surface area is 280 Å². The molecule has 2 aromatic carbocycles. The van der Waals surface area contributed by atoms with Crippen LogP contribution >= 0.6 is 31.0 Å². The van der Waals surface area contributed by atoms with Gasteiger partial charge in [-0.05, 0) is 56.9 Å². The summed E-state index contributed by atoms with van der Waals surface area (Å²) in [6.45, 7) is 0.621. The second-order valence-electron chi connectivity index (χ2n) is 11.4. The molecule has 2 atom stereocenters. The molecule has 3 aliphatic carbocycles. The average Bonchev–Trinajstić information content (AvgIpc) is 3.02. The zero-order valence-corrected chi connectivity index (χ0v) is 28.2. The van der Waals surface area contributed by atoms with Crippen LogP contribution < -0.4 is 20.1 Å². The number of nitrogens with one attached hydrogen (secondary N) is 2. The maximum absolute atomic E-state index is 13.8. The molecule has 2 amide bonds. The van der Waals surface area contributed by atoms with Crippen LogP contribution in [0.4, 0.5) is 8.78 Å². The van der Waals surface area contributed by atoms with Gasteiger partial charge >= 0.3 is 13.8 Å². The second kappa shape index (κ2) is 15.5. The lowest BCUT2D eigenvalue weighted by atomic mass is 9.59. The third-order valence-corrected chi connectivity index (χ3v) is 10.2. The minimum Gasteiger partial charge on any atom is -0.484 e. The number of amides is 2. The second-order valence-corrected chi connectivity index (χ2v) is 14.0. The maximum atomic E-state index is 13.8. The van der Waals surface area contributed by atoms with Crippen molar-refractivity contribution in [1.82, 2.24) is 10.6 Å². The zero-order chi connectivity index (χ0) is 34.4. The summed E-state index contributed by atoms with van der Waals surface area (Å²) in [5, 5.41) is 5.75. The number of halogens is 4. The molecule has 3 aliphatic rings. The number of esters is 1. The summed E-state index contributed by atoms with van der Waals surface area (Å²) in [5.74, 6) is -2.92. The molecule has 12 nitrogen and oxygen atoms in total. The van der Waals surface area contributed by atoms with Gasteiger partial charge in [0.15, 0.2) is 13.2 Å². The Morgan fingerprint density at radius 2 is 1.40 bits per heavy atom. The number of benzene rings is 2. The van der Waals surface area contributed by atoms with Gasteiger partial charge in [-0.2, -0.15) is 0 Å². The first-order chi connectivity index (χ1) is 22.2. The number of hydrogen-bond acceptors (Lipinski definition) is 10. The summed E-state index contributed by atoms with van der Waals surface area (Å²) in [4.78, 5) is 39.1. The van der Waals surface area contributed by atoms with Gasteiger partial charge < -0.3 is 24.8 Å². The SMILES string of the molecule is COP(=O)(OC)OC(C)CC(=O)O[C@H]1CC2(NC(=O)COc3ccc(Cl)c(F)c3)CCC1(NC(=O)COc1ccc(Cl)c(F)c1)CC2. The van der Waals surface area contributed by atoms with Crippen molar-refractivity contribution in [2.45, 2.75) is 68.7 Å². The molecular formula is C30H35Cl2F2N2O10P. The van der Waals surface area contributed by atoms with Gasteiger partial charge in [-0.15, -0.1) is 0 Å². The van der Waals surface area contributed by atoms with E-state index < -0.39 is 73.7 Å². The van der Waals surface area contributed by atoms with Crippen molar-refractivity contribution in [2.75, 3.05) is 27.4 Å². The first-order valence-electron chi connectivity index (χ1n) is 14.6. The first-order valence-corrected chi connectivity index (χ1v) is 16.8. The Morgan fingerprint density at radius 1 is 0.894 bits per heavy atom. The topological polar surface area (TPSA) is 148 Å². The molecule has 258 valence electrons. The number of hydrogen-bond donors (Lipinski definition) is 2. The van der Waals surface area contributed by atoms with Crippen LogP contribution in [-0.4, -0.2) is 68.5 Å². The Bertz CT molecular complexity index is 1520. The van der Waals surface area contributed by atoms with E-state index in [-0.39, 0.29) is 34.4 Å². The van der Waals surface area contributed by atoms with Crippen molar-refractivity contribution in [2.24, 2.45) is 0 Å². The highest BCUT2D eigenvalue weighted by molar-refractivity contribution is 7.48. The lowest BCUT2D eigenvalue weighted by Crippen LogP contribution is -2.71. The van der Waals surface area contributed by atoms with Gasteiger partial charge in [0.2, 0.25) is 0 Å². The van der Waals surface area contributed by atoms with Crippen LogP contribution in [0.15, 0.2) is 36.4 Å². The molecule has 0 aromatic heterocycles. The van der Waals surface area contributed by atoms with Crippen molar-refractivity contribution in [3.8, 4) is 11.5 Å². The van der Waals surface area contributed by atoms with E-state index in [0.717, 1.165) is 26.4 Å². The molecule has 0 aliphatic heterocycles. The van der Waals surface area contributed by atoms with Crippen molar-refractivity contribution < 1.29 is 55.5 Å². The maximum Gasteiger partial charge on any atom is 0.474 e. The predicted molar refractivity (Wildman–Crippen MR) is 165 cm³/mol. The van der Waals surface area contributed by atoms with E-state index in [1.165, 1.54) is 31.2 Å². The quantitative estimate of drug-likeness (QED) is 0.178. The van der Waals surface area contributed by atoms with E-state index in [1.807, 2.05) is 0 Å². The Hall–Kier alpha value is -3.00. The Morgan fingerprint density at radius 3 is 1.89 bits per heavy atom. The van der Waals surface area contributed by atoms with Gasteiger partial charge in [-0.3, -0.25) is 28.0 Å². The van der Waals surface area contributed by atoms with Gasteiger partial charge in [-0.25, -0.2) is 13.3 Å². The minimum absolute atomic E-state index is 0.0842. The van der Waals surface area contributed by atoms with E-state index in [2.05, 4.69) is 10.6 Å². The molecule has 0 spiro atoms. The van der Waals surface area contributed by atoms with Crippen LogP contribution in [0.2, 0.25) is 10.0 Å². The fraction of sp³-hybridized carbons (Fsp3) is 0.500. The van der Waals surface area contributed by atoms with Gasteiger partial charge in [0.1, 0.15) is 29.2 Å². The van der Waals surface area contributed by atoms with Gasteiger partial charge in [0, 0.05) is 38.3 Å². The van der Waals surface area contributed by atoms with Crippen LogP contribution in [-0.2, 0) is 37.3 Å². The van der Waals surface area contributed by atoms with Crippen LogP contribution in [0.5, 0.6) is 11.5 Å². The average molecular weight is 723 g/mol. The monoisotopic (exact) mass is 722 g/mol. The number of rotatable bonds is 15. The smallest absolute Gasteiger partial charge is 0.474 e. The van der Waals surface area contributed by atoms with Crippen molar-refractivity contribution in [1.29, 1.82) is 0 Å². The summed E-state index contributed by atoms with van der Waals surface area (Å²) in [6.07, 6.45) is -0.497. The third kappa shape index (κ3) is 9.55. The molecule has 1 unspecified atom stereocenters. The number of fused-ring (bicyclic) bond motifs is 3. The number of carbonyl (C=O) groups excluding carboxylic acids is 3. The highest BCUT2D eigenvalue weighted by Gasteiger charge is 2.57. The first kappa shape index (κ1) is 36.8. The van der Waals surface area contributed by atoms with E-state index in [9.17, 15) is 27.7 Å². The Kier molecular flexibility index (Phi) is 12.1. The minimum atomic E-state index is -3.88. The van der Waals surface area contributed by atoms with Gasteiger partial charge in [-0.1, -0.05) is 23.2 Å². The number of phosphoric ester groups is 1. The summed E-state index contributed by atoms with van der Waals surface area (Å²) < 4.78 is 71.5. The summed E-state index contributed by atoms with van der Waals surface area (Å²) in [5.41, 5.74) is -1.81. The van der Waals surface area contributed by atoms with Crippen molar-refractivity contribution in [3.63, 3.8) is 0 Å². The molecule has 2 bridgehead atoms. The highest BCUT2D eigenvalue weighted by atomic mass is 35.5. The third-order valence-electron chi connectivity index (χ3n) is 8.09. The number of carbonyl (C=O) groups is 3. The lowest BCUT2D eigenvalue weighted by Gasteiger charge is -2.57. The standard InChI is InChI=1S/C30H35Cl2F2N2O10P/c1-18(46-47(40,41-2)42-3)12-28(39)45-25-15-29(35-26(37)16-43-19-4-6-21(31)23(33)13-19)8-10-30(25,11-9-29)36-27(38)17-44-20-5-7-22(32)24(34)14-20/h4-7,13-14,18,25H,8-12,15-17H2,1-3H3,(H,35,37)(H,36,38)/t18?,25-,29?,30?/m0/s1. The van der Waals surface area contributed by atoms with Crippen LogP contribution in [0.25, 0.3) is 0 Å². The van der Waals surface area contributed by atoms with E-state index in [0.29, 0.717) is 25.7 Å². The summed E-state index contributed by atoms with van der Waals surface area (Å²) in [6, 6.07) is 7.59. The van der Waals surface area contributed by atoms with Crippen molar-refractivity contribution >= 4 is 48.8 Å². The van der Waals surface area contributed by atoms with Crippen LogP contribution in [0, 0.1) is 11.6 Å². The van der Waals surface area contributed by atoms with Crippen molar-refractivity contribution in [3.05, 3.63) is 58.1 Å². The number of phosphoric acid groups is 1. The lowest BCUT2D eigenvalue weighted by molar-refractivity contribution is -0.168.